The van der Waals surface area contributed by atoms with Crippen molar-refractivity contribution in [2.24, 2.45) is 0 Å². The van der Waals surface area contributed by atoms with Crippen LogP contribution in [0.4, 0.5) is 0 Å². The van der Waals surface area contributed by atoms with E-state index in [4.69, 9.17) is 18.9 Å². The standard InChI is InChI=1S/C45H44O4P2/c1-33-19-17-29-41(50(35-21-9-5-10-22-35)36-23-11-6-12-24-36)43(33)46-31-39-40(49-45(3,4)48-39)32-47-44-34(2)20-18-30-42(44)51(37-25-13-7-14-26-37)38-27-15-8-16-28-38/h5-30,39-40H,31-32H2,1-4H3/t39-,40-/m0/s1. The normalized spacial score (nSPS) is 16.7. The molecule has 2 atom stereocenters. The Morgan fingerprint density at radius 3 is 1.08 bits per heavy atom. The maximum Gasteiger partial charge on any atom is 0.164 e. The van der Waals surface area contributed by atoms with Crippen LogP contribution >= 0.6 is 15.8 Å². The predicted octanol–water partition coefficient (Wildman–Crippen LogP) is 7.80. The zero-order valence-corrected chi connectivity index (χ0v) is 31.4. The molecule has 1 aliphatic rings. The van der Waals surface area contributed by atoms with E-state index < -0.39 is 21.6 Å². The van der Waals surface area contributed by atoms with Crippen LogP contribution in [0.2, 0.25) is 0 Å². The molecule has 6 heteroatoms. The maximum atomic E-state index is 6.81. The van der Waals surface area contributed by atoms with E-state index in [9.17, 15) is 0 Å². The smallest absolute Gasteiger partial charge is 0.164 e. The van der Waals surface area contributed by atoms with Gasteiger partial charge in [-0.15, -0.1) is 0 Å². The minimum atomic E-state index is -0.846. The SMILES string of the molecule is Cc1cccc(P(c2ccccc2)c2ccccc2)c1OC[C@@H]1OC(C)(C)O[C@H]1COc1c(C)cccc1P(c1ccccc1)c1ccccc1. The van der Waals surface area contributed by atoms with Crippen LogP contribution in [-0.2, 0) is 9.47 Å². The molecule has 7 rings (SSSR count). The molecular formula is C45H44O4P2. The molecule has 0 amide bonds. The summed E-state index contributed by atoms with van der Waals surface area (Å²) in [6.45, 7) is 8.85. The van der Waals surface area contributed by atoms with Crippen LogP contribution in [0.15, 0.2) is 158 Å². The first-order chi connectivity index (χ1) is 24.9. The van der Waals surface area contributed by atoms with Crippen LogP contribution in [0.25, 0.3) is 0 Å². The maximum absolute atomic E-state index is 6.81. The Balaban J connectivity index is 1.16. The fraction of sp³-hybridized carbons (Fsp3) is 0.200. The Hall–Kier alpha value is -4.30. The molecule has 0 unspecified atom stereocenters. The van der Waals surface area contributed by atoms with E-state index in [2.05, 4.69) is 172 Å². The number of benzene rings is 6. The van der Waals surface area contributed by atoms with Crippen LogP contribution in [0.3, 0.4) is 0 Å². The summed E-state index contributed by atoms with van der Waals surface area (Å²) in [7, 11) is -1.69. The van der Waals surface area contributed by atoms with Gasteiger partial charge in [-0.3, -0.25) is 0 Å². The molecule has 6 aromatic carbocycles. The van der Waals surface area contributed by atoms with E-state index in [1.807, 2.05) is 13.8 Å². The Kier molecular flexibility index (Phi) is 11.0. The van der Waals surface area contributed by atoms with Crippen molar-refractivity contribution >= 4 is 47.7 Å². The molecule has 1 fully saturated rings. The summed E-state index contributed by atoms with van der Waals surface area (Å²) in [5.41, 5.74) is 2.19. The minimum Gasteiger partial charge on any atom is -0.490 e. The van der Waals surface area contributed by atoms with Gasteiger partial charge in [0.05, 0.1) is 0 Å². The molecule has 0 N–H and O–H groups in total. The van der Waals surface area contributed by atoms with E-state index in [0.717, 1.165) is 22.6 Å². The van der Waals surface area contributed by atoms with Gasteiger partial charge in [0.25, 0.3) is 0 Å². The Morgan fingerprint density at radius 1 is 0.451 bits per heavy atom. The lowest BCUT2D eigenvalue weighted by Gasteiger charge is -2.26. The fourth-order valence-corrected chi connectivity index (χ4v) is 11.6. The molecule has 0 aliphatic carbocycles. The number of aryl methyl sites for hydroxylation is 2. The van der Waals surface area contributed by atoms with Crippen molar-refractivity contribution < 1.29 is 18.9 Å². The summed E-state index contributed by atoms with van der Waals surface area (Å²) in [6, 6.07) is 55.9. The predicted molar refractivity (Wildman–Crippen MR) is 215 cm³/mol. The van der Waals surface area contributed by atoms with Crippen molar-refractivity contribution in [3.05, 3.63) is 169 Å². The molecule has 0 aromatic heterocycles. The van der Waals surface area contributed by atoms with Crippen LogP contribution in [-0.4, -0.2) is 31.2 Å². The van der Waals surface area contributed by atoms with Crippen molar-refractivity contribution in [3.63, 3.8) is 0 Å². The van der Waals surface area contributed by atoms with Gasteiger partial charge >= 0.3 is 0 Å². The van der Waals surface area contributed by atoms with Gasteiger partial charge in [-0.05, 0) is 75.9 Å². The zero-order chi connectivity index (χ0) is 35.2. The summed E-state index contributed by atoms with van der Waals surface area (Å²) in [5, 5.41) is 7.49. The van der Waals surface area contributed by atoms with Crippen LogP contribution in [0.5, 0.6) is 11.5 Å². The first-order valence-electron chi connectivity index (χ1n) is 17.5. The van der Waals surface area contributed by atoms with Gasteiger partial charge in [-0.25, -0.2) is 0 Å². The summed E-state index contributed by atoms with van der Waals surface area (Å²) < 4.78 is 26.6. The molecule has 1 heterocycles. The van der Waals surface area contributed by atoms with Crippen LogP contribution < -0.4 is 41.3 Å². The van der Waals surface area contributed by atoms with E-state index in [1.165, 1.54) is 31.8 Å². The first-order valence-corrected chi connectivity index (χ1v) is 20.2. The highest BCUT2D eigenvalue weighted by Crippen LogP contribution is 2.40. The number of hydrogen-bond donors (Lipinski definition) is 0. The van der Waals surface area contributed by atoms with Crippen molar-refractivity contribution in [3.8, 4) is 11.5 Å². The van der Waals surface area contributed by atoms with Gasteiger partial charge in [0.2, 0.25) is 0 Å². The molecule has 6 aromatic rings. The highest BCUT2D eigenvalue weighted by Gasteiger charge is 2.42. The van der Waals surface area contributed by atoms with Gasteiger partial charge in [-0.2, -0.15) is 0 Å². The lowest BCUT2D eigenvalue weighted by atomic mass is 10.2. The third-order valence-electron chi connectivity index (χ3n) is 8.99. The number of ether oxygens (including phenoxy) is 4. The lowest BCUT2D eigenvalue weighted by Crippen LogP contribution is -2.35. The molecule has 0 saturated carbocycles. The number of para-hydroxylation sites is 2. The Bertz CT molecular complexity index is 1800. The minimum absolute atomic E-state index is 0.329. The van der Waals surface area contributed by atoms with E-state index in [1.54, 1.807) is 0 Å². The van der Waals surface area contributed by atoms with Gasteiger partial charge in [0.1, 0.15) is 36.9 Å². The fourth-order valence-electron chi connectivity index (χ4n) is 6.69. The second-order valence-electron chi connectivity index (χ2n) is 13.2. The highest BCUT2D eigenvalue weighted by atomic mass is 31.1. The number of rotatable bonds is 12. The van der Waals surface area contributed by atoms with E-state index in [0.29, 0.717) is 13.2 Å². The average molecular weight is 711 g/mol. The van der Waals surface area contributed by atoms with E-state index >= 15 is 0 Å². The Labute approximate surface area is 304 Å². The first kappa shape index (κ1) is 35.1. The van der Waals surface area contributed by atoms with Gasteiger partial charge < -0.3 is 18.9 Å². The second kappa shape index (κ2) is 15.9. The monoisotopic (exact) mass is 710 g/mol. The molecule has 1 saturated heterocycles. The molecular weight excluding hydrogens is 666 g/mol. The lowest BCUT2D eigenvalue weighted by molar-refractivity contribution is -0.150. The third-order valence-corrected chi connectivity index (χ3v) is 13.9. The van der Waals surface area contributed by atoms with E-state index in [-0.39, 0.29) is 12.2 Å². The summed E-state index contributed by atoms with van der Waals surface area (Å²) in [6.07, 6.45) is -0.659. The third kappa shape index (κ3) is 8.12. The quantitative estimate of drug-likeness (QED) is 0.122. The molecule has 0 radical (unpaired) electrons. The zero-order valence-electron chi connectivity index (χ0n) is 29.6. The summed E-state index contributed by atoms with van der Waals surface area (Å²) in [4.78, 5) is 0. The molecule has 51 heavy (non-hydrogen) atoms. The number of hydrogen-bond acceptors (Lipinski definition) is 4. The highest BCUT2D eigenvalue weighted by molar-refractivity contribution is 7.80. The molecule has 4 nitrogen and oxygen atoms in total. The van der Waals surface area contributed by atoms with Crippen LogP contribution in [0.1, 0.15) is 25.0 Å². The van der Waals surface area contributed by atoms with Gasteiger partial charge in [0.15, 0.2) is 5.79 Å². The second-order valence-corrected chi connectivity index (χ2v) is 17.6. The van der Waals surface area contributed by atoms with Gasteiger partial charge in [-0.1, -0.05) is 158 Å². The molecule has 1 aliphatic heterocycles. The topological polar surface area (TPSA) is 36.9 Å². The van der Waals surface area contributed by atoms with Gasteiger partial charge in [0, 0.05) is 10.6 Å². The van der Waals surface area contributed by atoms with Crippen LogP contribution in [0, 0.1) is 13.8 Å². The largest absolute Gasteiger partial charge is 0.490 e. The molecule has 258 valence electrons. The molecule has 0 spiro atoms. The summed E-state index contributed by atoms with van der Waals surface area (Å²) in [5.74, 6) is 1.04. The van der Waals surface area contributed by atoms with Crippen molar-refractivity contribution in [2.75, 3.05) is 13.2 Å². The van der Waals surface area contributed by atoms with Crippen molar-refractivity contribution in [1.82, 2.24) is 0 Å². The van der Waals surface area contributed by atoms with Crippen molar-refractivity contribution in [2.45, 2.75) is 45.7 Å². The summed E-state index contributed by atoms with van der Waals surface area (Å²) >= 11 is 0. The average Bonchev–Trinajstić information content (AvgIpc) is 3.46. The molecule has 0 bridgehead atoms. The van der Waals surface area contributed by atoms with Crippen molar-refractivity contribution in [1.29, 1.82) is 0 Å². The Morgan fingerprint density at radius 2 is 0.765 bits per heavy atom.